The van der Waals surface area contributed by atoms with E-state index in [1.807, 2.05) is 24.3 Å². The molecule has 0 saturated heterocycles. The Morgan fingerprint density at radius 3 is 2.92 bits per heavy atom. The number of ether oxygens (including phenoxy) is 1. The van der Waals surface area contributed by atoms with Crippen LogP contribution >= 0.6 is 0 Å². The van der Waals surface area contributed by atoms with Gasteiger partial charge < -0.3 is 4.74 Å². The second-order valence-corrected chi connectivity index (χ2v) is 2.73. The fraction of sp³-hybridized carbons (Fsp3) is 0.100. The number of carbonyl (C=O) groups is 1. The van der Waals surface area contributed by atoms with Gasteiger partial charge in [0, 0.05) is 5.56 Å². The standard InChI is InChI=1S/C10H8O2/c1-7-9-5-3-2-4-8(9)6-10(11)12-7/h2-5H,1,6H2. The van der Waals surface area contributed by atoms with Crippen molar-refractivity contribution in [3.63, 3.8) is 0 Å². The maximum absolute atomic E-state index is 11.0. The first-order valence-electron chi connectivity index (χ1n) is 3.75. The van der Waals surface area contributed by atoms with E-state index in [0.29, 0.717) is 12.2 Å². The van der Waals surface area contributed by atoms with Crippen LogP contribution in [0.5, 0.6) is 0 Å². The molecule has 2 nitrogen and oxygen atoms in total. The number of carbonyl (C=O) groups excluding carboxylic acids is 1. The average Bonchev–Trinajstić information content (AvgIpc) is 2.04. The van der Waals surface area contributed by atoms with E-state index in [2.05, 4.69) is 6.58 Å². The maximum Gasteiger partial charge on any atom is 0.315 e. The highest BCUT2D eigenvalue weighted by Gasteiger charge is 2.18. The van der Waals surface area contributed by atoms with Gasteiger partial charge in [0.1, 0.15) is 5.76 Å². The summed E-state index contributed by atoms with van der Waals surface area (Å²) in [6, 6.07) is 7.64. The molecule has 1 aliphatic heterocycles. The number of esters is 1. The highest BCUT2D eigenvalue weighted by molar-refractivity contribution is 5.85. The monoisotopic (exact) mass is 160 g/mol. The van der Waals surface area contributed by atoms with Crippen LogP contribution in [0.3, 0.4) is 0 Å². The van der Waals surface area contributed by atoms with Crippen LogP contribution in [-0.4, -0.2) is 5.97 Å². The van der Waals surface area contributed by atoms with Gasteiger partial charge in [-0.1, -0.05) is 30.8 Å². The van der Waals surface area contributed by atoms with Crippen molar-refractivity contribution in [2.24, 2.45) is 0 Å². The third-order valence-electron chi connectivity index (χ3n) is 1.89. The van der Waals surface area contributed by atoms with Crippen molar-refractivity contribution < 1.29 is 9.53 Å². The van der Waals surface area contributed by atoms with Crippen molar-refractivity contribution in [3.05, 3.63) is 42.0 Å². The Balaban J connectivity index is 2.54. The first kappa shape index (κ1) is 7.10. The van der Waals surface area contributed by atoms with E-state index in [-0.39, 0.29) is 5.97 Å². The van der Waals surface area contributed by atoms with Gasteiger partial charge in [-0.05, 0) is 5.56 Å². The van der Waals surface area contributed by atoms with Crippen LogP contribution in [0, 0.1) is 0 Å². The molecule has 0 saturated carbocycles. The summed E-state index contributed by atoms with van der Waals surface area (Å²) in [6.07, 6.45) is 0.356. The lowest BCUT2D eigenvalue weighted by Gasteiger charge is -2.16. The number of fused-ring (bicyclic) bond motifs is 1. The van der Waals surface area contributed by atoms with Crippen molar-refractivity contribution in [2.45, 2.75) is 6.42 Å². The Morgan fingerprint density at radius 1 is 1.33 bits per heavy atom. The molecular weight excluding hydrogens is 152 g/mol. The van der Waals surface area contributed by atoms with Gasteiger partial charge in [-0.15, -0.1) is 0 Å². The first-order chi connectivity index (χ1) is 5.77. The van der Waals surface area contributed by atoms with Crippen LogP contribution in [0.1, 0.15) is 11.1 Å². The van der Waals surface area contributed by atoms with E-state index in [1.165, 1.54) is 0 Å². The molecule has 1 heterocycles. The normalized spacial score (nSPS) is 15.3. The van der Waals surface area contributed by atoms with Crippen LogP contribution in [0.15, 0.2) is 30.8 Å². The molecule has 0 radical (unpaired) electrons. The lowest BCUT2D eigenvalue weighted by molar-refractivity contribution is -0.136. The van der Waals surface area contributed by atoms with Gasteiger partial charge in [0.2, 0.25) is 0 Å². The predicted molar refractivity (Wildman–Crippen MR) is 45.3 cm³/mol. The quantitative estimate of drug-likeness (QED) is 0.540. The number of hydrogen-bond acceptors (Lipinski definition) is 2. The molecule has 0 amide bonds. The lowest BCUT2D eigenvalue weighted by Crippen LogP contribution is -2.14. The molecule has 0 bridgehead atoms. The van der Waals surface area contributed by atoms with Crippen molar-refractivity contribution in [1.82, 2.24) is 0 Å². The molecule has 0 aromatic heterocycles. The Labute approximate surface area is 70.5 Å². The molecule has 0 atom stereocenters. The molecule has 1 aliphatic rings. The third-order valence-corrected chi connectivity index (χ3v) is 1.89. The number of benzene rings is 1. The maximum atomic E-state index is 11.0. The average molecular weight is 160 g/mol. The second kappa shape index (κ2) is 2.48. The molecule has 0 N–H and O–H groups in total. The summed E-state index contributed by atoms with van der Waals surface area (Å²) in [5, 5.41) is 0. The van der Waals surface area contributed by atoms with Gasteiger partial charge in [-0.25, -0.2) is 0 Å². The van der Waals surface area contributed by atoms with Crippen LogP contribution in [0.25, 0.3) is 5.76 Å². The van der Waals surface area contributed by atoms with E-state index in [1.54, 1.807) is 0 Å². The molecule has 1 aromatic rings. The van der Waals surface area contributed by atoms with Gasteiger partial charge >= 0.3 is 5.97 Å². The molecular formula is C10H8O2. The molecule has 1 aromatic carbocycles. The molecule has 0 unspecified atom stereocenters. The summed E-state index contributed by atoms with van der Waals surface area (Å²) in [4.78, 5) is 11.0. The molecule has 2 heteroatoms. The second-order valence-electron chi connectivity index (χ2n) is 2.73. The van der Waals surface area contributed by atoms with E-state index >= 15 is 0 Å². The van der Waals surface area contributed by atoms with Crippen molar-refractivity contribution >= 4 is 11.7 Å². The predicted octanol–water partition coefficient (Wildman–Crippen LogP) is 1.76. The zero-order valence-corrected chi connectivity index (χ0v) is 6.54. The van der Waals surface area contributed by atoms with Crippen LogP contribution in [-0.2, 0) is 16.0 Å². The van der Waals surface area contributed by atoms with E-state index in [0.717, 1.165) is 11.1 Å². The Morgan fingerprint density at radius 2 is 2.08 bits per heavy atom. The Kier molecular flexibility index (Phi) is 1.47. The van der Waals surface area contributed by atoms with Gasteiger partial charge in [0.05, 0.1) is 6.42 Å². The van der Waals surface area contributed by atoms with E-state index < -0.39 is 0 Å². The van der Waals surface area contributed by atoms with E-state index in [4.69, 9.17) is 4.74 Å². The third kappa shape index (κ3) is 1.01. The number of rotatable bonds is 0. The first-order valence-corrected chi connectivity index (χ1v) is 3.75. The van der Waals surface area contributed by atoms with Gasteiger partial charge in [0.15, 0.2) is 0 Å². The SMILES string of the molecule is C=C1OC(=O)Cc2ccccc21. The highest BCUT2D eigenvalue weighted by Crippen LogP contribution is 2.24. The molecule has 0 spiro atoms. The molecule has 12 heavy (non-hydrogen) atoms. The zero-order chi connectivity index (χ0) is 8.55. The summed E-state index contributed by atoms with van der Waals surface area (Å²) in [7, 11) is 0. The zero-order valence-electron chi connectivity index (χ0n) is 6.54. The molecule has 2 rings (SSSR count). The van der Waals surface area contributed by atoms with E-state index in [9.17, 15) is 4.79 Å². The fourth-order valence-corrected chi connectivity index (χ4v) is 1.33. The molecule has 0 aliphatic carbocycles. The van der Waals surface area contributed by atoms with Gasteiger partial charge in [0.25, 0.3) is 0 Å². The minimum absolute atomic E-state index is 0.223. The Hall–Kier alpha value is -1.57. The van der Waals surface area contributed by atoms with Crippen LogP contribution in [0.2, 0.25) is 0 Å². The summed E-state index contributed by atoms with van der Waals surface area (Å²) >= 11 is 0. The van der Waals surface area contributed by atoms with Gasteiger partial charge in [-0.2, -0.15) is 0 Å². The lowest BCUT2D eigenvalue weighted by atomic mass is 10.0. The van der Waals surface area contributed by atoms with Gasteiger partial charge in [-0.3, -0.25) is 4.79 Å². The summed E-state index contributed by atoms with van der Waals surface area (Å²) in [5.74, 6) is 0.237. The van der Waals surface area contributed by atoms with Crippen molar-refractivity contribution in [2.75, 3.05) is 0 Å². The highest BCUT2D eigenvalue weighted by atomic mass is 16.5. The number of hydrogen-bond donors (Lipinski definition) is 0. The summed E-state index contributed by atoms with van der Waals surface area (Å²) in [6.45, 7) is 3.66. The molecule has 0 fully saturated rings. The fourth-order valence-electron chi connectivity index (χ4n) is 1.33. The van der Waals surface area contributed by atoms with Crippen LogP contribution < -0.4 is 0 Å². The largest absolute Gasteiger partial charge is 0.426 e. The van der Waals surface area contributed by atoms with Crippen LogP contribution in [0.4, 0.5) is 0 Å². The Bertz CT molecular complexity index is 353. The van der Waals surface area contributed by atoms with Crippen molar-refractivity contribution in [1.29, 1.82) is 0 Å². The molecule has 60 valence electrons. The topological polar surface area (TPSA) is 26.3 Å². The summed E-state index contributed by atoms with van der Waals surface area (Å²) in [5.41, 5.74) is 1.94. The summed E-state index contributed by atoms with van der Waals surface area (Å²) < 4.78 is 4.88. The smallest absolute Gasteiger partial charge is 0.315 e. The minimum Gasteiger partial charge on any atom is -0.426 e. The number of cyclic esters (lactones) is 1. The minimum atomic E-state index is -0.223. The van der Waals surface area contributed by atoms with Crippen molar-refractivity contribution in [3.8, 4) is 0 Å².